The molecule has 0 aromatic heterocycles. The lowest BCUT2D eigenvalue weighted by Gasteiger charge is -2.37. The molecule has 1 nitrogen and oxygen atoms in total. The maximum absolute atomic E-state index is 5.64. The summed E-state index contributed by atoms with van der Waals surface area (Å²) in [5, 5.41) is 0. The predicted molar refractivity (Wildman–Crippen MR) is 86.6 cm³/mol. The van der Waals surface area contributed by atoms with Crippen LogP contribution in [0.5, 0.6) is 0 Å². The number of rotatable bonds is 6. The lowest BCUT2D eigenvalue weighted by Crippen LogP contribution is -2.26. The summed E-state index contributed by atoms with van der Waals surface area (Å²) in [6, 6.07) is 0. The fraction of sp³-hybridized carbons (Fsp3) is 0.895. The number of allylic oxidation sites excluding steroid dienone is 1. The van der Waals surface area contributed by atoms with Crippen LogP contribution >= 0.6 is 0 Å². The molecule has 2 aliphatic rings. The van der Waals surface area contributed by atoms with Gasteiger partial charge in [0.2, 0.25) is 0 Å². The van der Waals surface area contributed by atoms with Crippen molar-refractivity contribution in [1.82, 2.24) is 0 Å². The number of hydrogen-bond acceptors (Lipinski definition) is 1. The standard InChI is InChI=1S/C19H34O/c1-3-5-14-20-15-17-8-12-19(13-9-17)18-10-6-16(4-2)7-11-18/h5,14,16-19H,3-4,6-13,15H2,1-2H3/b14-5-. The molecule has 0 aromatic rings. The van der Waals surface area contributed by atoms with Crippen molar-refractivity contribution in [2.75, 3.05) is 6.61 Å². The monoisotopic (exact) mass is 278 g/mol. The third-order valence-corrected chi connectivity index (χ3v) is 5.79. The first-order chi connectivity index (χ1) is 9.83. The first-order valence-electron chi connectivity index (χ1n) is 9.10. The van der Waals surface area contributed by atoms with Gasteiger partial charge < -0.3 is 4.74 Å². The van der Waals surface area contributed by atoms with E-state index in [1.54, 1.807) is 0 Å². The van der Waals surface area contributed by atoms with Crippen LogP contribution < -0.4 is 0 Å². The molecule has 2 rings (SSSR count). The number of ether oxygens (including phenoxy) is 1. The molecule has 1 heteroatoms. The maximum Gasteiger partial charge on any atom is 0.0901 e. The Hall–Kier alpha value is -0.460. The predicted octanol–water partition coefficient (Wildman–Crippen LogP) is 5.95. The summed E-state index contributed by atoms with van der Waals surface area (Å²) in [6.07, 6.45) is 18.3. The van der Waals surface area contributed by atoms with Gasteiger partial charge in [-0.25, -0.2) is 0 Å². The van der Waals surface area contributed by atoms with E-state index >= 15 is 0 Å². The van der Waals surface area contributed by atoms with Crippen molar-refractivity contribution in [3.63, 3.8) is 0 Å². The zero-order valence-corrected chi connectivity index (χ0v) is 13.7. The van der Waals surface area contributed by atoms with Crippen molar-refractivity contribution in [1.29, 1.82) is 0 Å². The van der Waals surface area contributed by atoms with E-state index in [0.29, 0.717) is 0 Å². The van der Waals surface area contributed by atoms with Crippen LogP contribution in [-0.2, 0) is 4.74 Å². The Balaban J connectivity index is 1.63. The molecule has 0 bridgehead atoms. The highest BCUT2D eigenvalue weighted by atomic mass is 16.5. The zero-order valence-electron chi connectivity index (χ0n) is 13.7. The zero-order chi connectivity index (χ0) is 14.2. The largest absolute Gasteiger partial charge is 0.501 e. The van der Waals surface area contributed by atoms with Crippen molar-refractivity contribution >= 4 is 0 Å². The van der Waals surface area contributed by atoms with Gasteiger partial charge in [0.15, 0.2) is 0 Å². The molecule has 2 saturated carbocycles. The van der Waals surface area contributed by atoms with E-state index in [1.165, 1.54) is 57.8 Å². The van der Waals surface area contributed by atoms with Gasteiger partial charge in [-0.05, 0) is 68.6 Å². The van der Waals surface area contributed by atoms with Gasteiger partial charge in [0.25, 0.3) is 0 Å². The minimum Gasteiger partial charge on any atom is -0.501 e. The first kappa shape index (κ1) is 15.9. The fourth-order valence-corrected chi connectivity index (χ4v) is 4.25. The fourth-order valence-electron chi connectivity index (χ4n) is 4.25. The molecule has 0 atom stereocenters. The lowest BCUT2D eigenvalue weighted by molar-refractivity contribution is 0.109. The van der Waals surface area contributed by atoms with Gasteiger partial charge in [-0.3, -0.25) is 0 Å². The van der Waals surface area contributed by atoms with Gasteiger partial charge in [-0.2, -0.15) is 0 Å². The molecule has 20 heavy (non-hydrogen) atoms. The molecular formula is C19H34O. The normalized spacial score (nSPS) is 35.3. The Bertz CT molecular complexity index is 267. The average Bonchev–Trinajstić information content (AvgIpc) is 2.52. The minimum absolute atomic E-state index is 0.819. The smallest absolute Gasteiger partial charge is 0.0901 e. The topological polar surface area (TPSA) is 9.23 Å². The van der Waals surface area contributed by atoms with Crippen molar-refractivity contribution in [3.05, 3.63) is 12.3 Å². The molecule has 0 saturated heterocycles. The average molecular weight is 278 g/mol. The van der Waals surface area contributed by atoms with Crippen LogP contribution in [-0.4, -0.2) is 6.61 Å². The summed E-state index contributed by atoms with van der Waals surface area (Å²) >= 11 is 0. The third kappa shape index (κ3) is 4.82. The molecular weight excluding hydrogens is 244 g/mol. The first-order valence-corrected chi connectivity index (χ1v) is 9.10. The second-order valence-electron chi connectivity index (χ2n) is 7.08. The van der Waals surface area contributed by atoms with E-state index in [-0.39, 0.29) is 0 Å². The molecule has 2 fully saturated rings. The van der Waals surface area contributed by atoms with Crippen LogP contribution in [0.3, 0.4) is 0 Å². The highest BCUT2D eigenvalue weighted by Gasteiger charge is 2.30. The van der Waals surface area contributed by atoms with Gasteiger partial charge in [-0.1, -0.05) is 39.2 Å². The van der Waals surface area contributed by atoms with E-state index in [9.17, 15) is 0 Å². The van der Waals surface area contributed by atoms with Crippen LogP contribution in [0, 0.1) is 23.7 Å². The van der Waals surface area contributed by atoms with E-state index in [2.05, 4.69) is 19.9 Å². The molecule has 0 unspecified atom stereocenters. The molecule has 0 amide bonds. The second-order valence-corrected chi connectivity index (χ2v) is 7.08. The van der Waals surface area contributed by atoms with Gasteiger partial charge in [0, 0.05) is 0 Å². The van der Waals surface area contributed by atoms with Gasteiger partial charge in [-0.15, -0.1) is 0 Å². The van der Waals surface area contributed by atoms with Gasteiger partial charge in [0.05, 0.1) is 12.9 Å². The Morgan fingerprint density at radius 2 is 1.35 bits per heavy atom. The maximum atomic E-state index is 5.64. The van der Waals surface area contributed by atoms with Gasteiger partial charge >= 0.3 is 0 Å². The van der Waals surface area contributed by atoms with Crippen molar-refractivity contribution in [2.45, 2.75) is 78.1 Å². The Morgan fingerprint density at radius 1 is 0.800 bits per heavy atom. The summed E-state index contributed by atoms with van der Waals surface area (Å²) in [5.41, 5.74) is 0. The third-order valence-electron chi connectivity index (χ3n) is 5.79. The quantitative estimate of drug-likeness (QED) is 0.545. The minimum atomic E-state index is 0.819. The summed E-state index contributed by atoms with van der Waals surface area (Å²) in [5.74, 6) is 3.95. The van der Waals surface area contributed by atoms with E-state index in [1.807, 2.05) is 6.26 Å². The number of hydrogen-bond donors (Lipinski definition) is 0. The molecule has 0 aromatic carbocycles. The second kappa shape index (κ2) is 8.74. The van der Waals surface area contributed by atoms with Crippen LogP contribution in [0.2, 0.25) is 0 Å². The SMILES string of the molecule is CC/C=C\OCC1CCC(C2CCC(CC)CC2)CC1. The molecule has 0 aliphatic heterocycles. The molecule has 0 spiro atoms. The summed E-state index contributed by atoms with van der Waals surface area (Å²) in [4.78, 5) is 0. The van der Waals surface area contributed by atoms with E-state index in [0.717, 1.165) is 36.7 Å². The molecule has 116 valence electrons. The molecule has 0 N–H and O–H groups in total. The highest BCUT2D eigenvalue weighted by molar-refractivity contribution is 4.82. The van der Waals surface area contributed by atoms with Crippen molar-refractivity contribution in [2.24, 2.45) is 23.7 Å². The molecule has 2 aliphatic carbocycles. The lowest BCUT2D eigenvalue weighted by atomic mass is 9.69. The molecule has 0 heterocycles. The van der Waals surface area contributed by atoms with Gasteiger partial charge in [0.1, 0.15) is 0 Å². The van der Waals surface area contributed by atoms with Crippen molar-refractivity contribution in [3.8, 4) is 0 Å². The Labute approximate surface area is 126 Å². The summed E-state index contributed by atoms with van der Waals surface area (Å²) < 4.78 is 5.64. The van der Waals surface area contributed by atoms with Crippen molar-refractivity contribution < 1.29 is 4.74 Å². The Kier molecular flexibility index (Phi) is 6.96. The van der Waals surface area contributed by atoms with Crippen LogP contribution in [0.4, 0.5) is 0 Å². The Morgan fingerprint density at radius 3 is 1.85 bits per heavy atom. The summed E-state index contributed by atoms with van der Waals surface area (Å²) in [7, 11) is 0. The van der Waals surface area contributed by atoms with E-state index in [4.69, 9.17) is 4.74 Å². The van der Waals surface area contributed by atoms with E-state index < -0.39 is 0 Å². The molecule has 0 radical (unpaired) electrons. The summed E-state index contributed by atoms with van der Waals surface area (Å²) in [6.45, 7) is 5.47. The van der Waals surface area contributed by atoms with Crippen LogP contribution in [0.25, 0.3) is 0 Å². The van der Waals surface area contributed by atoms with Crippen LogP contribution in [0.1, 0.15) is 78.1 Å². The highest BCUT2D eigenvalue weighted by Crippen LogP contribution is 2.41. The van der Waals surface area contributed by atoms with Crippen LogP contribution in [0.15, 0.2) is 12.3 Å².